The molecular weight excluding hydrogens is 270 g/mol. The molecule has 1 unspecified atom stereocenters. The average Bonchev–Trinajstić information content (AvgIpc) is 2.70. The Kier molecular flexibility index (Phi) is 3.38. The van der Waals surface area contributed by atoms with E-state index in [2.05, 4.69) is 10.1 Å². The van der Waals surface area contributed by atoms with Crippen molar-refractivity contribution in [2.75, 3.05) is 0 Å². The van der Waals surface area contributed by atoms with Crippen LogP contribution in [0.5, 0.6) is 0 Å². The van der Waals surface area contributed by atoms with Crippen molar-refractivity contribution in [3.05, 3.63) is 34.1 Å². The van der Waals surface area contributed by atoms with E-state index in [1.54, 1.807) is 25.1 Å². The maximum Gasteiger partial charge on any atom is 0.259 e. The lowest BCUT2D eigenvalue weighted by atomic mass is 10.2. The topological polar surface area (TPSA) is 38.9 Å². The van der Waals surface area contributed by atoms with Gasteiger partial charge in [0.2, 0.25) is 0 Å². The third-order valence-corrected chi connectivity index (χ3v) is 2.72. The Morgan fingerprint density at radius 2 is 2.06 bits per heavy atom. The smallest absolute Gasteiger partial charge is 0.259 e. The number of nitrogens with zero attached hydrogens (tertiary/aromatic N) is 2. The summed E-state index contributed by atoms with van der Waals surface area (Å²) in [6.45, 7) is 1.76. The Hall–Kier alpha value is -0.770. The van der Waals surface area contributed by atoms with E-state index >= 15 is 0 Å². The molecule has 16 heavy (non-hydrogen) atoms. The van der Waals surface area contributed by atoms with E-state index in [0.717, 1.165) is 0 Å². The second-order valence-corrected chi connectivity index (χ2v) is 4.70. The van der Waals surface area contributed by atoms with Gasteiger partial charge in [0.1, 0.15) is 0 Å². The monoisotopic (exact) mass is 276 g/mol. The lowest BCUT2D eigenvalue weighted by Crippen LogP contribution is -1.87. The largest absolute Gasteiger partial charge is 0.334 e. The van der Waals surface area contributed by atoms with Crippen LogP contribution in [0.1, 0.15) is 18.1 Å². The van der Waals surface area contributed by atoms with Crippen LogP contribution < -0.4 is 0 Å². The molecule has 2 aromatic rings. The van der Waals surface area contributed by atoms with E-state index in [1.165, 1.54) is 0 Å². The number of benzene rings is 1. The highest BCUT2D eigenvalue weighted by Gasteiger charge is 2.15. The van der Waals surface area contributed by atoms with Crippen molar-refractivity contribution in [1.29, 1.82) is 0 Å². The number of hydrogen-bond acceptors (Lipinski definition) is 3. The number of hydrogen-bond donors (Lipinski definition) is 0. The van der Waals surface area contributed by atoms with Gasteiger partial charge in [-0.25, -0.2) is 0 Å². The maximum absolute atomic E-state index is 6.00. The van der Waals surface area contributed by atoms with Gasteiger partial charge in [0, 0.05) is 5.02 Å². The fourth-order valence-electron chi connectivity index (χ4n) is 1.17. The predicted molar refractivity (Wildman–Crippen MR) is 64.0 cm³/mol. The van der Waals surface area contributed by atoms with Crippen molar-refractivity contribution in [3.63, 3.8) is 0 Å². The zero-order valence-corrected chi connectivity index (χ0v) is 10.5. The highest BCUT2D eigenvalue weighted by atomic mass is 35.5. The van der Waals surface area contributed by atoms with Crippen molar-refractivity contribution in [3.8, 4) is 11.5 Å². The number of alkyl halides is 1. The van der Waals surface area contributed by atoms with Crippen LogP contribution in [-0.2, 0) is 0 Å². The van der Waals surface area contributed by atoms with Crippen molar-refractivity contribution >= 4 is 34.8 Å². The summed E-state index contributed by atoms with van der Waals surface area (Å²) in [5, 5.41) is 4.49. The molecule has 0 spiro atoms. The van der Waals surface area contributed by atoms with Gasteiger partial charge in [0.15, 0.2) is 5.82 Å². The third kappa shape index (κ3) is 2.32. The maximum atomic E-state index is 6.00. The SMILES string of the molecule is CC(Cl)c1noc(-c2cc(Cl)ccc2Cl)n1. The Morgan fingerprint density at radius 3 is 2.69 bits per heavy atom. The zero-order valence-electron chi connectivity index (χ0n) is 8.25. The average molecular weight is 278 g/mol. The van der Waals surface area contributed by atoms with Crippen LogP contribution in [-0.4, -0.2) is 10.1 Å². The molecule has 0 aliphatic carbocycles. The van der Waals surface area contributed by atoms with E-state index in [0.29, 0.717) is 27.3 Å². The summed E-state index contributed by atoms with van der Waals surface area (Å²) in [7, 11) is 0. The number of halogens is 3. The molecule has 0 aliphatic heterocycles. The molecule has 1 atom stereocenters. The zero-order chi connectivity index (χ0) is 11.7. The van der Waals surface area contributed by atoms with Crippen molar-refractivity contribution in [1.82, 2.24) is 10.1 Å². The molecule has 1 aromatic heterocycles. The molecule has 0 aliphatic rings. The molecule has 1 heterocycles. The van der Waals surface area contributed by atoms with E-state index in [9.17, 15) is 0 Å². The molecule has 1 aromatic carbocycles. The normalized spacial score (nSPS) is 12.8. The molecule has 0 bridgehead atoms. The number of aromatic nitrogens is 2. The van der Waals surface area contributed by atoms with E-state index in [1.807, 2.05) is 0 Å². The highest BCUT2D eigenvalue weighted by molar-refractivity contribution is 6.35. The van der Waals surface area contributed by atoms with Crippen LogP contribution in [0.25, 0.3) is 11.5 Å². The predicted octanol–water partition coefficient (Wildman–Crippen LogP) is 4.34. The van der Waals surface area contributed by atoms with Crippen LogP contribution in [0.15, 0.2) is 22.7 Å². The lowest BCUT2D eigenvalue weighted by molar-refractivity contribution is 0.422. The molecule has 0 saturated heterocycles. The molecule has 0 fully saturated rings. The first kappa shape index (κ1) is 11.7. The van der Waals surface area contributed by atoms with Crippen LogP contribution in [0.4, 0.5) is 0 Å². The van der Waals surface area contributed by atoms with Gasteiger partial charge >= 0.3 is 0 Å². The third-order valence-electron chi connectivity index (χ3n) is 1.96. The molecule has 0 radical (unpaired) electrons. The quantitative estimate of drug-likeness (QED) is 0.766. The fraction of sp³-hybridized carbons (Fsp3) is 0.200. The summed E-state index contributed by atoms with van der Waals surface area (Å²) >= 11 is 17.7. The molecule has 0 amide bonds. The second-order valence-electron chi connectivity index (χ2n) is 3.20. The van der Waals surface area contributed by atoms with Gasteiger partial charge in [-0.05, 0) is 25.1 Å². The van der Waals surface area contributed by atoms with E-state index in [-0.39, 0.29) is 5.38 Å². The van der Waals surface area contributed by atoms with Gasteiger partial charge < -0.3 is 4.52 Å². The second kappa shape index (κ2) is 4.62. The van der Waals surface area contributed by atoms with Crippen molar-refractivity contribution in [2.45, 2.75) is 12.3 Å². The van der Waals surface area contributed by atoms with E-state index in [4.69, 9.17) is 39.3 Å². The Balaban J connectivity index is 2.46. The molecule has 84 valence electrons. The highest BCUT2D eigenvalue weighted by Crippen LogP contribution is 2.30. The van der Waals surface area contributed by atoms with Crippen LogP contribution in [0.2, 0.25) is 10.0 Å². The summed E-state index contributed by atoms with van der Waals surface area (Å²) in [4.78, 5) is 4.13. The van der Waals surface area contributed by atoms with Gasteiger partial charge in [-0.1, -0.05) is 28.4 Å². The number of rotatable bonds is 2. The lowest BCUT2D eigenvalue weighted by Gasteiger charge is -1.98. The van der Waals surface area contributed by atoms with Crippen molar-refractivity contribution in [2.24, 2.45) is 0 Å². The molecule has 0 N–H and O–H groups in total. The van der Waals surface area contributed by atoms with Gasteiger partial charge in [0.05, 0.1) is 16.0 Å². The van der Waals surface area contributed by atoms with Crippen LogP contribution >= 0.6 is 34.8 Å². The summed E-state index contributed by atoms with van der Waals surface area (Å²) in [5.41, 5.74) is 0.602. The molecule has 0 saturated carbocycles. The molecule has 6 heteroatoms. The van der Waals surface area contributed by atoms with Crippen molar-refractivity contribution < 1.29 is 4.52 Å². The Bertz CT molecular complexity index is 511. The summed E-state index contributed by atoms with van der Waals surface area (Å²) < 4.78 is 5.06. The first-order valence-corrected chi connectivity index (χ1v) is 5.70. The minimum atomic E-state index is -0.310. The standard InChI is InChI=1S/C10H7Cl3N2O/c1-5(11)9-14-10(16-15-9)7-4-6(12)2-3-8(7)13/h2-5H,1H3. The van der Waals surface area contributed by atoms with E-state index < -0.39 is 0 Å². The molecule has 3 nitrogen and oxygen atoms in total. The Labute approximate surface area is 107 Å². The van der Waals surface area contributed by atoms with Gasteiger partial charge in [-0.3, -0.25) is 0 Å². The van der Waals surface area contributed by atoms with Gasteiger partial charge in [-0.15, -0.1) is 11.6 Å². The molecule has 2 rings (SSSR count). The van der Waals surface area contributed by atoms with Gasteiger partial charge in [-0.2, -0.15) is 4.98 Å². The minimum Gasteiger partial charge on any atom is -0.334 e. The fourth-order valence-corrected chi connectivity index (χ4v) is 1.63. The summed E-state index contributed by atoms with van der Waals surface area (Å²) in [6, 6.07) is 5.03. The summed E-state index contributed by atoms with van der Waals surface area (Å²) in [6.07, 6.45) is 0. The minimum absolute atomic E-state index is 0.310. The van der Waals surface area contributed by atoms with Crippen LogP contribution in [0, 0.1) is 0 Å². The van der Waals surface area contributed by atoms with Gasteiger partial charge in [0.25, 0.3) is 5.89 Å². The Morgan fingerprint density at radius 1 is 1.31 bits per heavy atom. The first-order chi connectivity index (χ1) is 7.58. The van der Waals surface area contributed by atoms with Crippen LogP contribution in [0.3, 0.4) is 0 Å². The first-order valence-electron chi connectivity index (χ1n) is 4.51. The summed E-state index contributed by atoms with van der Waals surface area (Å²) in [5.74, 6) is 0.739. The molecular formula is C10H7Cl3N2O.